The van der Waals surface area contributed by atoms with Crippen molar-refractivity contribution in [2.24, 2.45) is 0 Å². The Balaban J connectivity index is 4.36. The van der Waals surface area contributed by atoms with Crippen LogP contribution in [0.4, 0.5) is 0 Å². The van der Waals surface area contributed by atoms with Gasteiger partial charge in [-0.2, -0.15) is 0 Å². The number of allylic oxidation sites excluding steroid dienone is 18. The summed E-state index contributed by atoms with van der Waals surface area (Å²) in [6.45, 7) is 6.41. The molecule has 0 amide bonds. The Labute approximate surface area is 419 Å². The van der Waals surface area contributed by atoms with E-state index in [9.17, 15) is 14.4 Å². The molecular weight excluding hydrogens is 841 g/mol. The van der Waals surface area contributed by atoms with Crippen molar-refractivity contribution in [3.8, 4) is 0 Å². The van der Waals surface area contributed by atoms with Crippen LogP contribution >= 0.6 is 0 Å². The summed E-state index contributed by atoms with van der Waals surface area (Å²) >= 11 is 0. The van der Waals surface area contributed by atoms with Gasteiger partial charge in [-0.15, -0.1) is 0 Å². The van der Waals surface area contributed by atoms with Crippen molar-refractivity contribution in [2.75, 3.05) is 13.2 Å². The minimum Gasteiger partial charge on any atom is -0.462 e. The van der Waals surface area contributed by atoms with E-state index in [4.69, 9.17) is 14.2 Å². The van der Waals surface area contributed by atoms with E-state index in [1.807, 2.05) is 0 Å². The van der Waals surface area contributed by atoms with Gasteiger partial charge in [0.2, 0.25) is 0 Å². The van der Waals surface area contributed by atoms with Gasteiger partial charge >= 0.3 is 17.9 Å². The van der Waals surface area contributed by atoms with Crippen LogP contribution in [0.3, 0.4) is 0 Å². The van der Waals surface area contributed by atoms with Crippen molar-refractivity contribution >= 4 is 17.9 Å². The van der Waals surface area contributed by atoms with Gasteiger partial charge in [-0.25, -0.2) is 0 Å². The molecule has 68 heavy (non-hydrogen) atoms. The summed E-state index contributed by atoms with van der Waals surface area (Å²) in [5.41, 5.74) is 0. The SMILES string of the molecule is CC/C=C\C/C=C\C/C=C\C/C=C\C/C=C\C/C=C\C/C=C\C/C=C\CCCCC(=O)OCC(COC(=O)CCCCCCC/C=C\CCC)OC(=O)CCCCCCCCCCCCCCC. The maximum Gasteiger partial charge on any atom is 0.306 e. The van der Waals surface area contributed by atoms with Crippen molar-refractivity contribution in [1.82, 2.24) is 0 Å². The van der Waals surface area contributed by atoms with E-state index in [2.05, 4.69) is 130 Å². The molecule has 0 saturated carbocycles. The van der Waals surface area contributed by atoms with Crippen LogP contribution in [-0.4, -0.2) is 37.2 Å². The van der Waals surface area contributed by atoms with Gasteiger partial charge in [0, 0.05) is 19.3 Å². The maximum atomic E-state index is 12.8. The van der Waals surface area contributed by atoms with Crippen molar-refractivity contribution in [2.45, 2.75) is 252 Å². The van der Waals surface area contributed by atoms with Crippen molar-refractivity contribution in [3.05, 3.63) is 109 Å². The van der Waals surface area contributed by atoms with E-state index < -0.39 is 6.10 Å². The molecule has 0 radical (unpaired) electrons. The van der Waals surface area contributed by atoms with E-state index in [1.165, 1.54) is 77.0 Å². The molecule has 0 aliphatic rings. The summed E-state index contributed by atoms with van der Waals surface area (Å²) < 4.78 is 16.8. The Morgan fingerprint density at radius 3 is 1.00 bits per heavy atom. The minimum absolute atomic E-state index is 0.0960. The average Bonchev–Trinajstić information content (AvgIpc) is 3.34. The molecule has 0 N–H and O–H groups in total. The third kappa shape index (κ3) is 53.0. The molecule has 0 aromatic rings. The smallest absolute Gasteiger partial charge is 0.306 e. The molecule has 0 aliphatic heterocycles. The molecule has 0 aliphatic carbocycles. The zero-order valence-electron chi connectivity index (χ0n) is 44.1. The van der Waals surface area contributed by atoms with Gasteiger partial charge in [-0.3, -0.25) is 14.4 Å². The lowest BCUT2D eigenvalue weighted by molar-refractivity contribution is -0.167. The molecule has 6 nitrogen and oxygen atoms in total. The molecule has 0 rings (SSSR count). The molecule has 0 spiro atoms. The Kier molecular flexibility index (Phi) is 52.4. The molecule has 0 aromatic carbocycles. The predicted octanol–water partition coefficient (Wildman–Crippen LogP) is 18.7. The summed E-state index contributed by atoms with van der Waals surface area (Å²) in [5, 5.41) is 0. The number of ether oxygens (including phenoxy) is 3. The summed E-state index contributed by atoms with van der Waals surface area (Å²) in [6.07, 6.45) is 75.2. The molecule has 0 bridgehead atoms. The third-order valence-electron chi connectivity index (χ3n) is 11.5. The van der Waals surface area contributed by atoms with Gasteiger partial charge in [0.15, 0.2) is 6.10 Å². The van der Waals surface area contributed by atoms with E-state index in [0.717, 1.165) is 128 Å². The highest BCUT2D eigenvalue weighted by Gasteiger charge is 2.19. The van der Waals surface area contributed by atoms with Crippen LogP contribution < -0.4 is 0 Å². The second-order valence-corrected chi connectivity index (χ2v) is 18.1. The minimum atomic E-state index is -0.798. The molecule has 386 valence electrons. The van der Waals surface area contributed by atoms with E-state index in [0.29, 0.717) is 19.3 Å². The molecule has 0 heterocycles. The predicted molar refractivity (Wildman–Crippen MR) is 293 cm³/mol. The fourth-order valence-corrected chi connectivity index (χ4v) is 7.34. The molecule has 0 fully saturated rings. The number of rotatable bonds is 49. The zero-order chi connectivity index (χ0) is 49.3. The highest BCUT2D eigenvalue weighted by atomic mass is 16.6. The van der Waals surface area contributed by atoms with Crippen LogP contribution in [0.15, 0.2) is 109 Å². The summed E-state index contributed by atoms with van der Waals surface area (Å²) in [5.74, 6) is -0.953. The van der Waals surface area contributed by atoms with Crippen molar-refractivity contribution in [3.63, 3.8) is 0 Å². The standard InChI is InChI=1S/C62H102O6/c1-4-7-10-13-16-19-22-24-25-26-27-28-29-30-31-32-33-34-35-36-37-39-40-43-46-49-52-55-61(64)67-58-59(57-66-60(63)54-51-48-45-42-21-18-15-12-9-6-3)68-62(65)56-53-50-47-44-41-38-23-20-17-14-11-8-5-2/h7,10,12,15-16,19,24-25,27-28,30-31,33-34,36-37,40,43,59H,4-6,8-9,11,13-14,17-18,20-23,26,29,32,35,38-39,41-42,44-58H2,1-3H3/b10-7-,15-12-,19-16-,25-24-,28-27-,31-30-,34-33-,37-36-,43-40-. The molecule has 0 saturated heterocycles. The first-order chi connectivity index (χ1) is 33.5. The second kappa shape index (κ2) is 55.7. The first-order valence-corrected chi connectivity index (χ1v) is 27.9. The van der Waals surface area contributed by atoms with E-state index >= 15 is 0 Å². The van der Waals surface area contributed by atoms with Crippen LogP contribution in [0.1, 0.15) is 245 Å². The molecule has 6 heteroatoms. The second-order valence-electron chi connectivity index (χ2n) is 18.1. The topological polar surface area (TPSA) is 78.9 Å². The van der Waals surface area contributed by atoms with Crippen LogP contribution in [0.2, 0.25) is 0 Å². The van der Waals surface area contributed by atoms with Gasteiger partial charge < -0.3 is 14.2 Å². The van der Waals surface area contributed by atoms with Crippen LogP contribution in [0.25, 0.3) is 0 Å². The first-order valence-electron chi connectivity index (χ1n) is 27.9. The lowest BCUT2D eigenvalue weighted by atomic mass is 10.0. The number of hydrogen-bond acceptors (Lipinski definition) is 6. The number of carbonyl (C=O) groups is 3. The monoisotopic (exact) mass is 943 g/mol. The highest BCUT2D eigenvalue weighted by molar-refractivity contribution is 5.71. The fraction of sp³-hybridized carbons (Fsp3) is 0.661. The van der Waals surface area contributed by atoms with Gasteiger partial charge in [-0.1, -0.05) is 233 Å². The van der Waals surface area contributed by atoms with Gasteiger partial charge in [0.1, 0.15) is 13.2 Å². The Morgan fingerprint density at radius 2 is 0.603 bits per heavy atom. The lowest BCUT2D eigenvalue weighted by Crippen LogP contribution is -2.30. The van der Waals surface area contributed by atoms with E-state index in [1.54, 1.807) is 0 Å². The quantitative estimate of drug-likeness (QED) is 0.0262. The van der Waals surface area contributed by atoms with Crippen LogP contribution in [0, 0.1) is 0 Å². The Morgan fingerprint density at radius 1 is 0.309 bits per heavy atom. The Bertz CT molecular complexity index is 1410. The average molecular weight is 943 g/mol. The summed E-state index contributed by atoms with van der Waals surface area (Å²) in [7, 11) is 0. The highest BCUT2D eigenvalue weighted by Crippen LogP contribution is 2.15. The molecule has 1 unspecified atom stereocenters. The normalized spacial score (nSPS) is 12.9. The summed E-state index contributed by atoms with van der Waals surface area (Å²) in [6, 6.07) is 0. The fourth-order valence-electron chi connectivity index (χ4n) is 7.34. The number of esters is 3. The Hall–Kier alpha value is -3.93. The molecule has 1 atom stereocenters. The molecule has 0 aromatic heterocycles. The van der Waals surface area contributed by atoms with Gasteiger partial charge in [0.25, 0.3) is 0 Å². The largest absolute Gasteiger partial charge is 0.462 e. The number of hydrogen-bond donors (Lipinski definition) is 0. The van der Waals surface area contributed by atoms with Crippen molar-refractivity contribution in [1.29, 1.82) is 0 Å². The van der Waals surface area contributed by atoms with Gasteiger partial charge in [-0.05, 0) is 103 Å². The zero-order valence-corrected chi connectivity index (χ0v) is 44.1. The number of carbonyl (C=O) groups excluding carboxylic acids is 3. The maximum absolute atomic E-state index is 12.8. The summed E-state index contributed by atoms with van der Waals surface area (Å²) in [4.78, 5) is 38.0. The van der Waals surface area contributed by atoms with Gasteiger partial charge in [0.05, 0.1) is 0 Å². The number of unbranched alkanes of at least 4 members (excludes halogenated alkanes) is 20. The first kappa shape index (κ1) is 64.1. The molecular formula is C62H102O6. The van der Waals surface area contributed by atoms with Crippen LogP contribution in [0.5, 0.6) is 0 Å². The van der Waals surface area contributed by atoms with Crippen LogP contribution in [-0.2, 0) is 28.6 Å². The third-order valence-corrected chi connectivity index (χ3v) is 11.5. The van der Waals surface area contributed by atoms with Crippen molar-refractivity contribution < 1.29 is 28.6 Å². The van der Waals surface area contributed by atoms with E-state index in [-0.39, 0.29) is 31.1 Å². The lowest BCUT2D eigenvalue weighted by Gasteiger charge is -2.18.